The van der Waals surface area contributed by atoms with Crippen molar-refractivity contribution in [3.05, 3.63) is 71.0 Å². The van der Waals surface area contributed by atoms with Crippen LogP contribution in [0.15, 0.2) is 42.5 Å². The fraction of sp³-hybridized carbons (Fsp3) is 0.263. The van der Waals surface area contributed by atoms with Gasteiger partial charge in [-0.15, -0.1) is 0 Å². The SMILES string of the molecule is O=C(c1ccc(F)cc1)N1CCCN(C(=O)c2ccc(F)c(F)c2)CC1. The molecule has 0 spiro atoms. The maximum Gasteiger partial charge on any atom is 0.254 e. The molecular formula is C19H17F3N2O2. The Morgan fingerprint density at radius 1 is 0.692 bits per heavy atom. The average molecular weight is 362 g/mol. The molecule has 0 unspecified atom stereocenters. The van der Waals surface area contributed by atoms with Gasteiger partial charge in [0.25, 0.3) is 11.8 Å². The van der Waals surface area contributed by atoms with Gasteiger partial charge in [-0.25, -0.2) is 13.2 Å². The summed E-state index contributed by atoms with van der Waals surface area (Å²) in [6, 6.07) is 8.34. The van der Waals surface area contributed by atoms with Gasteiger partial charge in [-0.2, -0.15) is 0 Å². The smallest absolute Gasteiger partial charge is 0.254 e. The number of amides is 2. The Kier molecular flexibility index (Phi) is 5.25. The van der Waals surface area contributed by atoms with Crippen LogP contribution in [-0.4, -0.2) is 47.8 Å². The molecule has 1 aliphatic heterocycles. The number of nitrogens with zero attached hydrogens (tertiary/aromatic N) is 2. The highest BCUT2D eigenvalue weighted by Crippen LogP contribution is 2.15. The molecule has 2 amide bonds. The van der Waals surface area contributed by atoms with E-state index in [4.69, 9.17) is 0 Å². The first-order chi connectivity index (χ1) is 12.5. The zero-order chi connectivity index (χ0) is 18.7. The van der Waals surface area contributed by atoms with Gasteiger partial charge >= 0.3 is 0 Å². The highest BCUT2D eigenvalue weighted by molar-refractivity contribution is 5.95. The first-order valence-corrected chi connectivity index (χ1v) is 8.25. The van der Waals surface area contributed by atoms with Crippen molar-refractivity contribution in [1.82, 2.24) is 9.80 Å². The second kappa shape index (κ2) is 7.59. The zero-order valence-corrected chi connectivity index (χ0v) is 13.9. The number of carbonyl (C=O) groups excluding carboxylic acids is 2. The summed E-state index contributed by atoms with van der Waals surface area (Å²) in [5.74, 6) is -3.12. The first kappa shape index (κ1) is 18.0. The van der Waals surface area contributed by atoms with Gasteiger partial charge in [0, 0.05) is 37.3 Å². The highest BCUT2D eigenvalue weighted by Gasteiger charge is 2.24. The van der Waals surface area contributed by atoms with Crippen LogP contribution in [0, 0.1) is 17.5 Å². The van der Waals surface area contributed by atoms with Crippen LogP contribution in [0.5, 0.6) is 0 Å². The lowest BCUT2D eigenvalue weighted by Gasteiger charge is -2.22. The van der Waals surface area contributed by atoms with E-state index in [1.54, 1.807) is 4.90 Å². The monoisotopic (exact) mass is 362 g/mol. The lowest BCUT2D eigenvalue weighted by Crippen LogP contribution is -2.37. The van der Waals surface area contributed by atoms with Crippen molar-refractivity contribution in [2.45, 2.75) is 6.42 Å². The first-order valence-electron chi connectivity index (χ1n) is 8.25. The van der Waals surface area contributed by atoms with Crippen LogP contribution in [0.1, 0.15) is 27.1 Å². The van der Waals surface area contributed by atoms with Crippen molar-refractivity contribution in [3.63, 3.8) is 0 Å². The maximum atomic E-state index is 13.3. The number of rotatable bonds is 2. The third-order valence-corrected chi connectivity index (χ3v) is 4.33. The van der Waals surface area contributed by atoms with Crippen molar-refractivity contribution in [1.29, 1.82) is 0 Å². The van der Waals surface area contributed by atoms with Crippen LogP contribution >= 0.6 is 0 Å². The average Bonchev–Trinajstić information content (AvgIpc) is 2.89. The molecular weight excluding hydrogens is 345 g/mol. The second-order valence-electron chi connectivity index (χ2n) is 6.07. The molecule has 1 saturated heterocycles. The van der Waals surface area contributed by atoms with E-state index in [0.29, 0.717) is 31.6 Å². The molecule has 7 heteroatoms. The minimum absolute atomic E-state index is 0.0715. The van der Waals surface area contributed by atoms with Crippen molar-refractivity contribution in [2.75, 3.05) is 26.2 Å². The number of benzene rings is 2. The van der Waals surface area contributed by atoms with E-state index in [9.17, 15) is 22.8 Å². The fourth-order valence-electron chi connectivity index (χ4n) is 2.91. The zero-order valence-electron chi connectivity index (χ0n) is 13.9. The third-order valence-electron chi connectivity index (χ3n) is 4.33. The van der Waals surface area contributed by atoms with Gasteiger partial charge in [0.1, 0.15) is 5.82 Å². The molecule has 0 bridgehead atoms. The van der Waals surface area contributed by atoms with E-state index < -0.39 is 23.4 Å². The summed E-state index contributed by atoms with van der Waals surface area (Å²) in [5.41, 5.74) is 0.453. The predicted octanol–water partition coefficient (Wildman–Crippen LogP) is 3.09. The molecule has 3 rings (SSSR count). The van der Waals surface area contributed by atoms with E-state index in [2.05, 4.69) is 0 Å². The Morgan fingerprint density at radius 2 is 1.23 bits per heavy atom. The molecule has 1 heterocycles. The summed E-state index contributed by atoms with van der Waals surface area (Å²) >= 11 is 0. The molecule has 136 valence electrons. The molecule has 1 fully saturated rings. The fourth-order valence-corrected chi connectivity index (χ4v) is 2.91. The molecule has 1 aliphatic rings. The quantitative estimate of drug-likeness (QED) is 0.824. The van der Waals surface area contributed by atoms with Crippen LogP contribution in [0.4, 0.5) is 13.2 Å². The van der Waals surface area contributed by atoms with Crippen molar-refractivity contribution in [3.8, 4) is 0 Å². The molecule has 0 radical (unpaired) electrons. The van der Waals surface area contributed by atoms with Gasteiger partial charge in [0.2, 0.25) is 0 Å². The standard InChI is InChI=1S/C19H17F3N2O2/c20-15-5-2-13(3-6-15)18(25)23-8-1-9-24(11-10-23)19(26)14-4-7-16(21)17(22)12-14/h2-7,12H,1,8-11H2. The summed E-state index contributed by atoms with van der Waals surface area (Å²) in [6.45, 7) is 1.46. The van der Waals surface area contributed by atoms with Gasteiger partial charge in [0.05, 0.1) is 0 Å². The Morgan fingerprint density at radius 3 is 1.81 bits per heavy atom. The van der Waals surface area contributed by atoms with Crippen LogP contribution in [-0.2, 0) is 0 Å². The van der Waals surface area contributed by atoms with Gasteiger partial charge in [-0.05, 0) is 48.9 Å². The van der Waals surface area contributed by atoms with E-state index in [-0.39, 0.29) is 18.0 Å². The lowest BCUT2D eigenvalue weighted by atomic mass is 10.2. The topological polar surface area (TPSA) is 40.6 Å². The predicted molar refractivity (Wildman–Crippen MR) is 89.2 cm³/mol. The van der Waals surface area contributed by atoms with Crippen LogP contribution in [0.25, 0.3) is 0 Å². The molecule has 4 nitrogen and oxygen atoms in total. The Balaban J connectivity index is 1.67. The van der Waals surface area contributed by atoms with Gasteiger partial charge in [-0.1, -0.05) is 0 Å². The summed E-state index contributed by atoms with van der Waals surface area (Å²) in [7, 11) is 0. The van der Waals surface area contributed by atoms with Crippen LogP contribution < -0.4 is 0 Å². The lowest BCUT2D eigenvalue weighted by molar-refractivity contribution is 0.0718. The van der Waals surface area contributed by atoms with E-state index in [1.807, 2.05) is 0 Å². The Hall–Kier alpha value is -2.83. The number of carbonyl (C=O) groups is 2. The van der Waals surface area contributed by atoms with Crippen molar-refractivity contribution in [2.24, 2.45) is 0 Å². The third kappa shape index (κ3) is 3.87. The van der Waals surface area contributed by atoms with Crippen molar-refractivity contribution < 1.29 is 22.8 Å². The summed E-state index contributed by atoms with van der Waals surface area (Å²) in [5, 5.41) is 0. The van der Waals surface area contributed by atoms with Gasteiger partial charge in [-0.3, -0.25) is 9.59 Å². The molecule has 0 atom stereocenters. The number of hydrogen-bond donors (Lipinski definition) is 0. The normalized spacial score (nSPS) is 14.9. The van der Waals surface area contributed by atoms with Gasteiger partial charge in [0.15, 0.2) is 11.6 Å². The summed E-state index contributed by atoms with van der Waals surface area (Å²) < 4.78 is 39.4. The molecule has 0 N–H and O–H groups in total. The molecule has 0 aliphatic carbocycles. The molecule has 0 saturated carbocycles. The minimum Gasteiger partial charge on any atom is -0.337 e. The van der Waals surface area contributed by atoms with Crippen molar-refractivity contribution >= 4 is 11.8 Å². The molecule has 2 aromatic rings. The largest absolute Gasteiger partial charge is 0.337 e. The Bertz CT molecular complexity index is 824. The summed E-state index contributed by atoms with van der Waals surface area (Å²) in [4.78, 5) is 28.1. The van der Waals surface area contributed by atoms with Crippen LogP contribution in [0.2, 0.25) is 0 Å². The highest BCUT2D eigenvalue weighted by atomic mass is 19.2. The van der Waals surface area contributed by atoms with E-state index in [1.165, 1.54) is 35.2 Å². The molecule has 2 aromatic carbocycles. The van der Waals surface area contributed by atoms with E-state index in [0.717, 1.165) is 12.1 Å². The van der Waals surface area contributed by atoms with E-state index >= 15 is 0 Å². The number of halogens is 3. The van der Waals surface area contributed by atoms with Gasteiger partial charge < -0.3 is 9.80 Å². The second-order valence-corrected chi connectivity index (χ2v) is 6.07. The minimum atomic E-state index is -1.07. The maximum absolute atomic E-state index is 13.3. The van der Waals surface area contributed by atoms with Crippen LogP contribution in [0.3, 0.4) is 0 Å². The molecule has 26 heavy (non-hydrogen) atoms. The Labute approximate surface area is 148 Å². The molecule has 0 aromatic heterocycles. The summed E-state index contributed by atoms with van der Waals surface area (Å²) in [6.07, 6.45) is 0.558. The number of hydrogen-bond acceptors (Lipinski definition) is 2.